The van der Waals surface area contributed by atoms with Gasteiger partial charge in [0.15, 0.2) is 0 Å². The molecule has 4 nitrogen and oxygen atoms in total. The van der Waals surface area contributed by atoms with Gasteiger partial charge in [-0.05, 0) is 30.7 Å². The fourth-order valence-electron chi connectivity index (χ4n) is 1.64. The van der Waals surface area contributed by atoms with E-state index in [1.54, 1.807) is 6.07 Å². The maximum atomic E-state index is 11.2. The van der Waals surface area contributed by atoms with E-state index in [1.165, 1.54) is 18.9 Å². The van der Waals surface area contributed by atoms with Gasteiger partial charge in [0, 0.05) is 5.69 Å². The summed E-state index contributed by atoms with van der Waals surface area (Å²) < 4.78 is 9.88. The van der Waals surface area contributed by atoms with Gasteiger partial charge in [-0.1, -0.05) is 12.1 Å². The van der Waals surface area contributed by atoms with E-state index in [9.17, 15) is 4.79 Å². The normalized spacial score (nSPS) is 10.1. The lowest BCUT2D eigenvalue weighted by Crippen LogP contribution is -2.00. The number of carbonyl (C=O) groups is 1. The van der Waals surface area contributed by atoms with Crippen molar-refractivity contribution in [1.82, 2.24) is 0 Å². The summed E-state index contributed by atoms with van der Waals surface area (Å²) in [6, 6.07) is 9.73. The second-order valence-electron chi connectivity index (χ2n) is 4.02. The van der Waals surface area contributed by atoms with Crippen molar-refractivity contribution in [3.63, 3.8) is 0 Å². The first kappa shape index (κ1) is 12.2. The Kier molecular flexibility index (Phi) is 3.67. The maximum absolute atomic E-state index is 11.2. The van der Waals surface area contributed by atoms with Crippen LogP contribution in [0.4, 0.5) is 5.69 Å². The molecule has 94 valence electrons. The van der Waals surface area contributed by atoms with Gasteiger partial charge < -0.3 is 14.5 Å². The average molecular weight is 245 g/mol. The summed E-state index contributed by atoms with van der Waals surface area (Å²) in [7, 11) is 1.35. The molecule has 1 N–H and O–H groups in total. The van der Waals surface area contributed by atoms with Crippen LogP contribution in [0.5, 0.6) is 0 Å². The molecule has 0 atom stereocenters. The van der Waals surface area contributed by atoms with Crippen LogP contribution in [0.2, 0.25) is 0 Å². The molecule has 4 heteroatoms. The Morgan fingerprint density at radius 3 is 2.94 bits per heavy atom. The molecule has 0 unspecified atom stereocenters. The molecule has 1 aromatic heterocycles. The molecule has 2 aromatic rings. The molecular formula is C14H15NO3. The second-order valence-corrected chi connectivity index (χ2v) is 4.02. The number of furan rings is 1. The molecular weight excluding hydrogens is 230 g/mol. The van der Waals surface area contributed by atoms with Gasteiger partial charge in [-0.3, -0.25) is 0 Å². The van der Waals surface area contributed by atoms with Crippen LogP contribution < -0.4 is 5.32 Å². The van der Waals surface area contributed by atoms with Crippen LogP contribution in [0, 0.1) is 6.92 Å². The summed E-state index contributed by atoms with van der Waals surface area (Å²) >= 11 is 0. The quantitative estimate of drug-likeness (QED) is 0.841. The van der Waals surface area contributed by atoms with E-state index in [2.05, 4.69) is 10.1 Å². The van der Waals surface area contributed by atoms with E-state index in [0.717, 1.165) is 5.69 Å². The monoisotopic (exact) mass is 245 g/mol. The number of aryl methyl sites for hydroxylation is 1. The summed E-state index contributed by atoms with van der Waals surface area (Å²) in [4.78, 5) is 11.2. The SMILES string of the molecule is COC(=O)c1coc(CNc2cccc(C)c2)c1. The highest BCUT2D eigenvalue weighted by Crippen LogP contribution is 2.13. The first-order valence-corrected chi connectivity index (χ1v) is 5.65. The lowest BCUT2D eigenvalue weighted by molar-refractivity contribution is 0.0600. The molecule has 18 heavy (non-hydrogen) atoms. The molecule has 0 spiro atoms. The van der Waals surface area contributed by atoms with Crippen LogP contribution in [0.3, 0.4) is 0 Å². The van der Waals surface area contributed by atoms with E-state index in [0.29, 0.717) is 17.9 Å². The number of anilines is 1. The molecule has 0 aliphatic rings. The molecule has 0 radical (unpaired) electrons. The van der Waals surface area contributed by atoms with E-state index in [4.69, 9.17) is 4.42 Å². The van der Waals surface area contributed by atoms with Crippen LogP contribution in [-0.4, -0.2) is 13.1 Å². The highest BCUT2D eigenvalue weighted by Gasteiger charge is 2.09. The molecule has 0 fully saturated rings. The molecule has 0 saturated heterocycles. The fourth-order valence-corrected chi connectivity index (χ4v) is 1.64. The van der Waals surface area contributed by atoms with Crippen molar-refractivity contribution in [2.45, 2.75) is 13.5 Å². The number of rotatable bonds is 4. The van der Waals surface area contributed by atoms with Crippen molar-refractivity contribution >= 4 is 11.7 Å². The molecule has 0 aliphatic carbocycles. The van der Waals surface area contributed by atoms with Gasteiger partial charge in [-0.25, -0.2) is 4.79 Å². The highest BCUT2D eigenvalue weighted by molar-refractivity contribution is 5.88. The van der Waals surface area contributed by atoms with Crippen LogP contribution in [0.15, 0.2) is 41.0 Å². The largest absolute Gasteiger partial charge is 0.467 e. The standard InChI is InChI=1S/C14H15NO3/c1-10-4-3-5-12(6-10)15-8-13-7-11(9-18-13)14(16)17-2/h3-7,9,15H,8H2,1-2H3. The van der Waals surface area contributed by atoms with Crippen molar-refractivity contribution in [3.05, 3.63) is 53.5 Å². The maximum Gasteiger partial charge on any atom is 0.341 e. The number of benzene rings is 1. The van der Waals surface area contributed by atoms with Gasteiger partial charge >= 0.3 is 5.97 Å². The summed E-state index contributed by atoms with van der Waals surface area (Å²) in [5.41, 5.74) is 2.64. The van der Waals surface area contributed by atoms with Crippen molar-refractivity contribution in [2.75, 3.05) is 12.4 Å². The first-order chi connectivity index (χ1) is 8.69. The number of hydrogen-bond donors (Lipinski definition) is 1. The average Bonchev–Trinajstić information content (AvgIpc) is 2.84. The van der Waals surface area contributed by atoms with Gasteiger partial charge in [0.1, 0.15) is 12.0 Å². The number of carbonyl (C=O) groups excluding carboxylic acids is 1. The first-order valence-electron chi connectivity index (χ1n) is 5.65. The summed E-state index contributed by atoms with van der Waals surface area (Å²) in [5.74, 6) is 0.303. The molecule has 1 aromatic carbocycles. The number of methoxy groups -OCH3 is 1. The Labute approximate surface area is 106 Å². The third-order valence-electron chi connectivity index (χ3n) is 2.56. The predicted molar refractivity (Wildman–Crippen MR) is 68.6 cm³/mol. The number of esters is 1. The molecule has 1 heterocycles. The smallest absolute Gasteiger partial charge is 0.341 e. The van der Waals surface area contributed by atoms with Crippen molar-refractivity contribution in [2.24, 2.45) is 0 Å². The Bertz CT molecular complexity index is 545. The van der Waals surface area contributed by atoms with Crippen molar-refractivity contribution in [1.29, 1.82) is 0 Å². The fraction of sp³-hybridized carbons (Fsp3) is 0.214. The Morgan fingerprint density at radius 2 is 2.22 bits per heavy atom. The van der Waals surface area contributed by atoms with Gasteiger partial charge in [-0.2, -0.15) is 0 Å². The van der Waals surface area contributed by atoms with Gasteiger partial charge in [0.25, 0.3) is 0 Å². The molecule has 0 aliphatic heterocycles. The minimum Gasteiger partial charge on any atom is -0.467 e. The molecule has 2 rings (SSSR count). The van der Waals surface area contributed by atoms with Gasteiger partial charge in [0.05, 0.1) is 19.2 Å². The summed E-state index contributed by atoms with van der Waals surface area (Å²) in [5, 5.41) is 3.23. The summed E-state index contributed by atoms with van der Waals surface area (Å²) in [6.07, 6.45) is 1.40. The number of nitrogens with one attached hydrogen (secondary N) is 1. The zero-order valence-corrected chi connectivity index (χ0v) is 10.4. The van der Waals surface area contributed by atoms with Crippen LogP contribution >= 0.6 is 0 Å². The molecule has 0 amide bonds. The Balaban J connectivity index is 1.98. The van der Waals surface area contributed by atoms with E-state index >= 15 is 0 Å². The zero-order chi connectivity index (χ0) is 13.0. The molecule has 0 bridgehead atoms. The number of ether oxygens (including phenoxy) is 1. The van der Waals surface area contributed by atoms with Gasteiger partial charge in [0.2, 0.25) is 0 Å². The number of hydrogen-bond acceptors (Lipinski definition) is 4. The zero-order valence-electron chi connectivity index (χ0n) is 10.4. The van der Waals surface area contributed by atoms with Crippen molar-refractivity contribution < 1.29 is 13.9 Å². The van der Waals surface area contributed by atoms with E-state index in [1.807, 2.05) is 31.2 Å². The lowest BCUT2D eigenvalue weighted by atomic mass is 10.2. The summed E-state index contributed by atoms with van der Waals surface area (Å²) in [6.45, 7) is 2.56. The minimum absolute atomic E-state index is 0.388. The highest BCUT2D eigenvalue weighted by atomic mass is 16.5. The topological polar surface area (TPSA) is 51.5 Å². The Hall–Kier alpha value is -2.23. The Morgan fingerprint density at radius 1 is 1.39 bits per heavy atom. The lowest BCUT2D eigenvalue weighted by Gasteiger charge is -2.04. The second kappa shape index (κ2) is 5.40. The molecule has 0 saturated carbocycles. The predicted octanol–water partition coefficient (Wildman–Crippen LogP) is 2.99. The van der Waals surface area contributed by atoms with Crippen LogP contribution in [-0.2, 0) is 11.3 Å². The van der Waals surface area contributed by atoms with Crippen LogP contribution in [0.25, 0.3) is 0 Å². The van der Waals surface area contributed by atoms with E-state index < -0.39 is 0 Å². The van der Waals surface area contributed by atoms with Crippen LogP contribution in [0.1, 0.15) is 21.7 Å². The van der Waals surface area contributed by atoms with Crippen molar-refractivity contribution in [3.8, 4) is 0 Å². The van der Waals surface area contributed by atoms with Gasteiger partial charge in [-0.15, -0.1) is 0 Å². The van der Waals surface area contributed by atoms with E-state index in [-0.39, 0.29) is 5.97 Å². The third-order valence-corrected chi connectivity index (χ3v) is 2.56. The minimum atomic E-state index is -0.388. The third kappa shape index (κ3) is 2.91.